The Hall–Kier alpha value is -3.52. The molecule has 34 heavy (non-hydrogen) atoms. The molecular weight excluding hydrogens is 436 g/mol. The van der Waals surface area contributed by atoms with Crippen molar-refractivity contribution in [2.24, 2.45) is 0 Å². The first kappa shape index (κ1) is 25.1. The zero-order valence-corrected chi connectivity index (χ0v) is 20.5. The van der Waals surface area contributed by atoms with Crippen LogP contribution in [0.4, 0.5) is 0 Å². The molecule has 182 valence electrons. The van der Waals surface area contributed by atoms with E-state index >= 15 is 0 Å². The van der Waals surface area contributed by atoms with Gasteiger partial charge in [0.1, 0.15) is 5.75 Å². The molecule has 2 aromatic rings. The van der Waals surface area contributed by atoms with Gasteiger partial charge in [0.25, 0.3) is 5.91 Å². The van der Waals surface area contributed by atoms with Crippen molar-refractivity contribution < 1.29 is 33.8 Å². The Morgan fingerprint density at radius 2 is 1.68 bits per heavy atom. The molecule has 1 saturated heterocycles. The summed E-state index contributed by atoms with van der Waals surface area (Å²) in [6, 6.07) is 10.9. The smallest absolute Gasteiger partial charge is 0.295 e. The van der Waals surface area contributed by atoms with Crippen molar-refractivity contribution in [3.63, 3.8) is 0 Å². The average Bonchev–Trinajstić information content (AvgIpc) is 3.06. The van der Waals surface area contributed by atoms with Gasteiger partial charge in [0.2, 0.25) is 5.78 Å². The van der Waals surface area contributed by atoms with Crippen LogP contribution in [0.5, 0.6) is 17.2 Å². The third-order valence-corrected chi connectivity index (χ3v) is 5.59. The third-order valence-electron chi connectivity index (χ3n) is 5.59. The van der Waals surface area contributed by atoms with Gasteiger partial charge in [-0.05, 0) is 49.2 Å². The summed E-state index contributed by atoms with van der Waals surface area (Å²) in [6.45, 7) is 4.76. The third kappa shape index (κ3) is 5.17. The summed E-state index contributed by atoms with van der Waals surface area (Å²) in [5.74, 6) is -0.344. The Bertz CT molecular complexity index is 1080. The van der Waals surface area contributed by atoms with Gasteiger partial charge in [-0.3, -0.25) is 9.59 Å². The van der Waals surface area contributed by atoms with Gasteiger partial charge in [-0.1, -0.05) is 24.0 Å². The first-order valence-corrected chi connectivity index (χ1v) is 11.2. The van der Waals surface area contributed by atoms with Crippen molar-refractivity contribution in [3.05, 3.63) is 59.2 Å². The molecule has 1 amide bonds. The second kappa shape index (κ2) is 10.6. The summed E-state index contributed by atoms with van der Waals surface area (Å²) >= 11 is 0. The number of likely N-dealkylation sites (tertiary alicyclic amines) is 1. The number of rotatable bonds is 9. The van der Waals surface area contributed by atoms with E-state index < -0.39 is 23.5 Å². The molecule has 2 aromatic carbocycles. The fraction of sp³-hybridized carbons (Fsp3) is 0.385. The number of likely N-dealkylation sites (N-methyl/N-ethyl adjacent to an activating group) is 1. The Kier molecular flexibility index (Phi) is 7.83. The number of quaternary nitrogens is 1. The van der Waals surface area contributed by atoms with Crippen LogP contribution in [0.15, 0.2) is 48.0 Å². The quantitative estimate of drug-likeness (QED) is 0.333. The number of carbonyl (C=O) groups is 2. The number of carbonyl (C=O) groups excluding carboxylic acids is 2. The minimum Gasteiger partial charge on any atom is -0.872 e. The zero-order chi connectivity index (χ0) is 25.0. The molecule has 0 aliphatic carbocycles. The lowest BCUT2D eigenvalue weighted by molar-refractivity contribution is -0.857. The van der Waals surface area contributed by atoms with Gasteiger partial charge in [-0.15, -0.1) is 0 Å². The molecule has 8 nitrogen and oxygen atoms in total. The van der Waals surface area contributed by atoms with E-state index in [1.54, 1.807) is 42.5 Å². The predicted octanol–water partition coefficient (Wildman–Crippen LogP) is 0.860. The number of amides is 1. The number of Topliss-reactive ketones (excluding diaryl/α,β-unsaturated/α-hetero) is 1. The van der Waals surface area contributed by atoms with E-state index in [0.29, 0.717) is 41.5 Å². The summed E-state index contributed by atoms with van der Waals surface area (Å²) in [4.78, 5) is 28.7. The number of hydrogen-bond donors (Lipinski definition) is 1. The Balaban J connectivity index is 2.12. The summed E-state index contributed by atoms with van der Waals surface area (Å²) in [7, 11) is 6.96. The number of nitrogens with zero attached hydrogens (tertiary/aromatic N) is 1. The van der Waals surface area contributed by atoms with Crippen LogP contribution in [0.2, 0.25) is 0 Å². The van der Waals surface area contributed by atoms with E-state index in [1.165, 1.54) is 19.1 Å². The monoisotopic (exact) mass is 468 g/mol. The van der Waals surface area contributed by atoms with Crippen molar-refractivity contribution in [1.82, 2.24) is 4.90 Å². The fourth-order valence-corrected chi connectivity index (χ4v) is 3.93. The number of ketones is 1. The molecule has 0 saturated carbocycles. The molecule has 0 spiro atoms. The highest BCUT2D eigenvalue weighted by molar-refractivity contribution is 6.46. The Morgan fingerprint density at radius 3 is 2.24 bits per heavy atom. The van der Waals surface area contributed by atoms with Gasteiger partial charge in [-0.2, -0.15) is 0 Å². The van der Waals surface area contributed by atoms with Gasteiger partial charge in [0.05, 0.1) is 53.6 Å². The molecule has 1 aliphatic rings. The lowest BCUT2D eigenvalue weighted by Gasteiger charge is -2.28. The van der Waals surface area contributed by atoms with E-state index in [1.807, 2.05) is 27.9 Å². The molecule has 0 radical (unpaired) electrons. The van der Waals surface area contributed by atoms with Crippen LogP contribution in [0.25, 0.3) is 5.76 Å². The largest absolute Gasteiger partial charge is 0.872 e. The molecule has 1 aliphatic heterocycles. The van der Waals surface area contributed by atoms with Crippen molar-refractivity contribution in [1.29, 1.82) is 0 Å². The molecule has 1 atom stereocenters. The molecule has 1 N–H and O–H groups in total. The molecular formula is C26H32N2O6. The standard InChI is InChI=1S/C26H32N2O6/c1-16(2)34-19-10-7-17(8-11-19)24(29)22-23(18-9-12-20(32-5)21(15-18)33-6)28(14-13-27(3)4)26(31)25(22)30/h7-12,15-16,23,29H,13-14H2,1-6H3. The molecule has 8 heteroatoms. The maximum atomic E-state index is 13.5. The van der Waals surface area contributed by atoms with Gasteiger partial charge < -0.3 is 29.1 Å². The van der Waals surface area contributed by atoms with E-state index in [4.69, 9.17) is 14.2 Å². The Morgan fingerprint density at radius 1 is 1.03 bits per heavy atom. The van der Waals surface area contributed by atoms with E-state index in [-0.39, 0.29) is 11.7 Å². The Labute approximate surface area is 200 Å². The maximum Gasteiger partial charge on any atom is 0.295 e. The van der Waals surface area contributed by atoms with E-state index in [2.05, 4.69) is 0 Å². The van der Waals surface area contributed by atoms with Gasteiger partial charge in [0, 0.05) is 5.57 Å². The van der Waals surface area contributed by atoms with Crippen LogP contribution in [-0.2, 0) is 9.59 Å². The number of methoxy groups -OCH3 is 2. The van der Waals surface area contributed by atoms with Crippen LogP contribution in [-0.4, -0.2) is 64.1 Å². The van der Waals surface area contributed by atoms with Crippen molar-refractivity contribution in [3.8, 4) is 17.2 Å². The first-order valence-electron chi connectivity index (χ1n) is 11.2. The second-order valence-corrected chi connectivity index (χ2v) is 8.74. The number of ether oxygens (including phenoxy) is 3. The average molecular weight is 469 g/mol. The molecule has 1 unspecified atom stereocenters. The topological polar surface area (TPSA) is 92.6 Å². The van der Waals surface area contributed by atoms with Gasteiger partial charge >= 0.3 is 0 Å². The van der Waals surface area contributed by atoms with E-state index in [9.17, 15) is 14.7 Å². The number of benzene rings is 2. The maximum absolute atomic E-state index is 13.5. The molecule has 0 aromatic heterocycles. The van der Waals surface area contributed by atoms with Crippen molar-refractivity contribution in [2.45, 2.75) is 26.0 Å². The van der Waals surface area contributed by atoms with Crippen LogP contribution in [0, 0.1) is 0 Å². The van der Waals surface area contributed by atoms with Crippen LogP contribution in [0.3, 0.4) is 0 Å². The van der Waals surface area contributed by atoms with E-state index in [0.717, 1.165) is 4.90 Å². The fourth-order valence-electron chi connectivity index (χ4n) is 3.93. The van der Waals surface area contributed by atoms with Crippen LogP contribution in [0.1, 0.15) is 31.0 Å². The highest BCUT2D eigenvalue weighted by Gasteiger charge is 2.44. The van der Waals surface area contributed by atoms with Crippen molar-refractivity contribution >= 4 is 17.4 Å². The summed E-state index contributed by atoms with van der Waals surface area (Å²) in [6.07, 6.45) is -0.00761. The minimum absolute atomic E-state index is 0.00761. The number of hydrogen-bond acceptors (Lipinski definition) is 6. The molecule has 1 fully saturated rings. The zero-order valence-electron chi connectivity index (χ0n) is 20.5. The summed E-state index contributed by atoms with van der Waals surface area (Å²) in [5, 5.41) is 13.5. The summed E-state index contributed by atoms with van der Waals surface area (Å²) < 4.78 is 16.4. The number of nitrogens with one attached hydrogen (secondary N) is 1. The highest BCUT2D eigenvalue weighted by Crippen LogP contribution is 2.41. The minimum atomic E-state index is -0.821. The summed E-state index contributed by atoms with van der Waals surface area (Å²) in [5.41, 5.74) is 0.857. The van der Waals surface area contributed by atoms with Gasteiger partial charge in [-0.25, -0.2) is 0 Å². The molecule has 0 bridgehead atoms. The lowest BCUT2D eigenvalue weighted by Crippen LogP contribution is -3.06. The molecule has 3 rings (SSSR count). The second-order valence-electron chi connectivity index (χ2n) is 8.74. The first-order chi connectivity index (χ1) is 16.2. The normalized spacial score (nSPS) is 17.5. The molecule has 1 heterocycles. The highest BCUT2D eigenvalue weighted by atomic mass is 16.5. The SMILES string of the molecule is COc1ccc(C2C(=C([O-])c3ccc(OC(C)C)cc3)C(=O)C(=O)N2CC[NH+](C)C)cc1OC. The predicted molar refractivity (Wildman–Crippen MR) is 126 cm³/mol. The van der Waals surface area contributed by atoms with Crippen LogP contribution >= 0.6 is 0 Å². The van der Waals surface area contributed by atoms with Gasteiger partial charge in [0.15, 0.2) is 11.5 Å². The van der Waals surface area contributed by atoms with Crippen molar-refractivity contribution in [2.75, 3.05) is 41.4 Å². The van der Waals surface area contributed by atoms with Crippen LogP contribution < -0.4 is 24.2 Å². The lowest BCUT2D eigenvalue weighted by atomic mass is 9.95.